The van der Waals surface area contributed by atoms with Gasteiger partial charge in [0.25, 0.3) is 6.01 Å². The van der Waals surface area contributed by atoms with Crippen molar-refractivity contribution in [1.82, 2.24) is 9.97 Å². The molecule has 0 aliphatic rings. The second-order valence-electron chi connectivity index (χ2n) is 6.84. The van der Waals surface area contributed by atoms with E-state index >= 15 is 0 Å². The van der Waals surface area contributed by atoms with Crippen LogP contribution in [0.1, 0.15) is 11.1 Å². The maximum atomic E-state index is 12.4. The van der Waals surface area contributed by atoms with Crippen molar-refractivity contribution >= 4 is 51.7 Å². The molecule has 0 unspecified atom stereocenters. The molecule has 31 heavy (non-hydrogen) atoms. The molecule has 0 saturated heterocycles. The number of amides is 2. The molecular formula is C23H20IN5O2. The van der Waals surface area contributed by atoms with Crippen molar-refractivity contribution in [3.63, 3.8) is 0 Å². The lowest BCUT2D eigenvalue weighted by molar-refractivity contribution is 0.262. The van der Waals surface area contributed by atoms with Crippen LogP contribution in [-0.2, 0) is 4.43 Å². The van der Waals surface area contributed by atoms with Gasteiger partial charge in [0, 0.05) is 39.4 Å². The summed E-state index contributed by atoms with van der Waals surface area (Å²) in [4.78, 5) is 20.7. The summed E-state index contributed by atoms with van der Waals surface area (Å²) in [5.41, 5.74) is 5.20. The molecule has 2 heterocycles. The van der Waals surface area contributed by atoms with E-state index in [9.17, 15) is 4.79 Å². The molecule has 3 N–H and O–H groups in total. The van der Waals surface area contributed by atoms with Crippen LogP contribution < -0.4 is 16.0 Å². The van der Waals surface area contributed by atoms with E-state index in [2.05, 4.69) is 48.5 Å². The van der Waals surface area contributed by atoms with Crippen molar-refractivity contribution in [2.75, 3.05) is 16.0 Å². The quantitative estimate of drug-likeness (QED) is 0.201. The molecule has 0 radical (unpaired) electrons. The fourth-order valence-electron chi connectivity index (χ4n) is 2.89. The van der Waals surface area contributed by atoms with Gasteiger partial charge in [0.05, 0.1) is 6.20 Å². The number of aryl methyl sites for hydroxylation is 1. The summed E-state index contributed by atoms with van der Waals surface area (Å²) in [6.07, 6.45) is 5.07. The first kappa shape index (κ1) is 20.9. The van der Waals surface area contributed by atoms with Gasteiger partial charge in [-0.25, -0.2) is 9.78 Å². The van der Waals surface area contributed by atoms with Crippen LogP contribution >= 0.6 is 22.6 Å². The van der Waals surface area contributed by atoms with E-state index in [0.717, 1.165) is 26.9 Å². The predicted octanol–water partition coefficient (Wildman–Crippen LogP) is 6.37. The summed E-state index contributed by atoms with van der Waals surface area (Å²) in [5, 5.41) is 8.86. The third-order valence-corrected chi connectivity index (χ3v) is 5.44. The number of carbonyl (C=O) groups excluding carboxylic acids is 1. The Hall–Kier alpha value is -3.40. The van der Waals surface area contributed by atoms with Crippen LogP contribution in [0, 0.1) is 6.92 Å². The van der Waals surface area contributed by atoms with Crippen molar-refractivity contribution in [3.05, 3.63) is 84.3 Å². The lowest BCUT2D eigenvalue weighted by Gasteiger charge is -2.11. The first-order chi connectivity index (χ1) is 15.1. The smallest absolute Gasteiger partial charge is 0.323 e. The standard InChI is InChI=1S/C23H20IN5O2/c1-15-4-7-19(28-22(30)27-18-8-5-16(12-24)6-9-18)11-20(15)29-23-26-14-21(31-23)17-3-2-10-25-13-17/h2-11,13-14H,12H2,1H3,(H,26,29)(H2,27,28,30). The number of anilines is 4. The molecule has 0 spiro atoms. The SMILES string of the molecule is Cc1ccc(NC(=O)Nc2ccc(CI)cc2)cc1Nc1ncc(-c2cccnc2)o1. The third-order valence-electron chi connectivity index (χ3n) is 4.55. The number of hydrogen-bond donors (Lipinski definition) is 3. The van der Waals surface area contributed by atoms with Crippen LogP contribution in [-0.4, -0.2) is 16.0 Å². The average Bonchev–Trinajstić information content (AvgIpc) is 3.26. The van der Waals surface area contributed by atoms with Crippen molar-refractivity contribution in [1.29, 1.82) is 0 Å². The number of halogens is 1. The van der Waals surface area contributed by atoms with E-state index < -0.39 is 0 Å². The maximum Gasteiger partial charge on any atom is 0.323 e. The molecule has 4 aromatic rings. The number of urea groups is 1. The Morgan fingerprint density at radius 1 is 1.03 bits per heavy atom. The Labute approximate surface area is 193 Å². The fraction of sp³-hybridized carbons (Fsp3) is 0.0870. The first-order valence-electron chi connectivity index (χ1n) is 9.57. The van der Waals surface area contributed by atoms with E-state index in [4.69, 9.17) is 4.42 Å². The van der Waals surface area contributed by atoms with Crippen LogP contribution in [0.15, 0.2) is 77.6 Å². The molecule has 7 nitrogen and oxygen atoms in total. The molecule has 0 aliphatic carbocycles. The Morgan fingerprint density at radius 3 is 2.55 bits per heavy atom. The number of hydrogen-bond acceptors (Lipinski definition) is 5. The fourth-order valence-corrected chi connectivity index (χ4v) is 3.40. The minimum absolute atomic E-state index is 0.313. The zero-order valence-electron chi connectivity index (χ0n) is 16.7. The van der Waals surface area contributed by atoms with E-state index in [-0.39, 0.29) is 6.03 Å². The van der Waals surface area contributed by atoms with Crippen molar-refractivity contribution in [3.8, 4) is 11.3 Å². The van der Waals surface area contributed by atoms with E-state index in [1.807, 2.05) is 61.5 Å². The molecule has 0 saturated carbocycles. The number of aromatic nitrogens is 2. The van der Waals surface area contributed by atoms with Crippen LogP contribution in [0.25, 0.3) is 11.3 Å². The summed E-state index contributed by atoms with van der Waals surface area (Å²) in [7, 11) is 0. The van der Waals surface area contributed by atoms with Gasteiger partial charge in [0.15, 0.2) is 5.76 Å². The molecule has 156 valence electrons. The number of nitrogens with one attached hydrogen (secondary N) is 3. The molecule has 2 amide bonds. The van der Waals surface area contributed by atoms with Crippen LogP contribution in [0.5, 0.6) is 0 Å². The van der Waals surface area contributed by atoms with E-state index in [1.54, 1.807) is 18.6 Å². The Kier molecular flexibility index (Phi) is 6.46. The molecule has 8 heteroatoms. The molecule has 0 fully saturated rings. The highest BCUT2D eigenvalue weighted by Gasteiger charge is 2.10. The summed E-state index contributed by atoms with van der Waals surface area (Å²) < 4.78 is 6.71. The second kappa shape index (κ2) is 9.61. The Bertz CT molecular complexity index is 1180. The van der Waals surface area contributed by atoms with Gasteiger partial charge in [-0.1, -0.05) is 40.8 Å². The molecule has 4 rings (SSSR count). The molecular weight excluding hydrogens is 505 g/mol. The molecule has 0 aliphatic heterocycles. The lowest BCUT2D eigenvalue weighted by atomic mass is 10.2. The molecule has 2 aromatic carbocycles. The van der Waals surface area contributed by atoms with Crippen molar-refractivity contribution in [2.24, 2.45) is 0 Å². The van der Waals surface area contributed by atoms with Gasteiger partial charge in [-0.15, -0.1) is 0 Å². The zero-order valence-corrected chi connectivity index (χ0v) is 18.9. The number of carbonyl (C=O) groups is 1. The highest BCUT2D eigenvalue weighted by atomic mass is 127. The number of alkyl halides is 1. The van der Waals surface area contributed by atoms with Gasteiger partial charge in [0.1, 0.15) is 0 Å². The Balaban J connectivity index is 1.43. The van der Waals surface area contributed by atoms with Crippen LogP contribution in [0.4, 0.5) is 27.9 Å². The monoisotopic (exact) mass is 525 g/mol. The predicted molar refractivity (Wildman–Crippen MR) is 131 cm³/mol. The molecule has 2 aromatic heterocycles. The summed E-state index contributed by atoms with van der Waals surface area (Å²) in [6, 6.07) is 17.1. The topological polar surface area (TPSA) is 92.1 Å². The highest BCUT2D eigenvalue weighted by molar-refractivity contribution is 14.1. The highest BCUT2D eigenvalue weighted by Crippen LogP contribution is 2.27. The van der Waals surface area contributed by atoms with Crippen molar-refractivity contribution in [2.45, 2.75) is 11.4 Å². The number of oxazole rings is 1. The number of nitrogens with zero attached hydrogens (tertiary/aromatic N) is 2. The minimum Gasteiger partial charge on any atom is -0.423 e. The van der Waals surface area contributed by atoms with E-state index in [1.165, 1.54) is 5.56 Å². The van der Waals surface area contributed by atoms with E-state index in [0.29, 0.717) is 17.5 Å². The van der Waals surface area contributed by atoms with Gasteiger partial charge in [0.2, 0.25) is 0 Å². The second-order valence-corrected chi connectivity index (χ2v) is 7.60. The van der Waals surface area contributed by atoms with Gasteiger partial charge in [-0.3, -0.25) is 4.98 Å². The normalized spacial score (nSPS) is 10.5. The first-order valence-corrected chi connectivity index (χ1v) is 11.1. The van der Waals surface area contributed by atoms with Gasteiger partial charge >= 0.3 is 6.03 Å². The lowest BCUT2D eigenvalue weighted by Crippen LogP contribution is -2.19. The van der Waals surface area contributed by atoms with Gasteiger partial charge < -0.3 is 20.4 Å². The minimum atomic E-state index is -0.313. The number of pyridine rings is 1. The Morgan fingerprint density at radius 2 is 1.81 bits per heavy atom. The van der Waals surface area contributed by atoms with Crippen molar-refractivity contribution < 1.29 is 9.21 Å². The largest absolute Gasteiger partial charge is 0.423 e. The van der Waals surface area contributed by atoms with Gasteiger partial charge in [-0.2, -0.15) is 0 Å². The zero-order chi connectivity index (χ0) is 21.6. The number of rotatable bonds is 6. The van der Waals surface area contributed by atoms with Crippen LogP contribution in [0.2, 0.25) is 0 Å². The maximum absolute atomic E-state index is 12.4. The number of benzene rings is 2. The molecule has 0 atom stereocenters. The van der Waals surface area contributed by atoms with Gasteiger partial charge in [-0.05, 0) is 54.4 Å². The summed E-state index contributed by atoms with van der Waals surface area (Å²) in [6.45, 7) is 1.96. The van der Waals surface area contributed by atoms with Crippen LogP contribution in [0.3, 0.4) is 0 Å². The molecule has 0 bridgehead atoms. The summed E-state index contributed by atoms with van der Waals surface area (Å²) >= 11 is 2.30. The third kappa shape index (κ3) is 5.40. The average molecular weight is 525 g/mol. The summed E-state index contributed by atoms with van der Waals surface area (Å²) in [5.74, 6) is 0.621.